The molecule has 0 aromatic heterocycles. The maximum absolute atomic E-state index is 11.6. The number of rotatable bonds is 7. The topological polar surface area (TPSA) is 49.8 Å². The van der Waals surface area contributed by atoms with E-state index in [0.29, 0.717) is 24.3 Å². The number of aliphatic hydroxyl groups is 1. The predicted octanol–water partition coefficient (Wildman–Crippen LogP) is 3.08. The zero-order chi connectivity index (χ0) is 17.6. The summed E-state index contributed by atoms with van der Waals surface area (Å²) in [7, 11) is 0. The van der Waals surface area contributed by atoms with Crippen LogP contribution in [-0.2, 0) is 13.0 Å². The molecule has 0 radical (unpaired) electrons. The highest BCUT2D eigenvalue weighted by Crippen LogP contribution is 2.19. The number of fused-ring (bicyclic) bond motifs is 1. The molecule has 2 aromatic carbocycles. The fourth-order valence-electron chi connectivity index (χ4n) is 3.19. The van der Waals surface area contributed by atoms with E-state index in [1.807, 2.05) is 6.92 Å². The lowest BCUT2D eigenvalue weighted by atomic mass is 10.00. The van der Waals surface area contributed by atoms with Gasteiger partial charge in [-0.3, -0.25) is 9.69 Å². The summed E-state index contributed by atoms with van der Waals surface area (Å²) >= 11 is 0. The number of β-amino-alcohol motifs (C(OH)–C–C–N with tert-alkyl or cyclic N) is 1. The molecule has 1 aliphatic heterocycles. The summed E-state index contributed by atoms with van der Waals surface area (Å²) in [6, 6.07) is 15.6. The summed E-state index contributed by atoms with van der Waals surface area (Å²) in [5, 5.41) is 10.3. The predicted molar refractivity (Wildman–Crippen MR) is 98.0 cm³/mol. The van der Waals surface area contributed by atoms with Gasteiger partial charge in [-0.1, -0.05) is 31.2 Å². The van der Waals surface area contributed by atoms with Crippen molar-refractivity contribution in [1.29, 1.82) is 0 Å². The Labute approximate surface area is 149 Å². The number of hydrogen-bond donors (Lipinski definition) is 1. The SMILES string of the molecule is CCC(=O)c1ccc(OC[C@H](O)CN2CCc3ccccc3C2)cc1. The monoisotopic (exact) mass is 339 g/mol. The quantitative estimate of drug-likeness (QED) is 0.788. The van der Waals surface area contributed by atoms with Crippen molar-refractivity contribution in [2.75, 3.05) is 19.7 Å². The highest BCUT2D eigenvalue weighted by atomic mass is 16.5. The van der Waals surface area contributed by atoms with Crippen LogP contribution >= 0.6 is 0 Å². The highest BCUT2D eigenvalue weighted by Gasteiger charge is 2.18. The van der Waals surface area contributed by atoms with Crippen molar-refractivity contribution >= 4 is 5.78 Å². The van der Waals surface area contributed by atoms with E-state index in [0.717, 1.165) is 19.5 Å². The van der Waals surface area contributed by atoms with Crippen molar-refractivity contribution in [3.05, 3.63) is 65.2 Å². The Balaban J connectivity index is 1.47. The highest BCUT2D eigenvalue weighted by molar-refractivity contribution is 5.95. The van der Waals surface area contributed by atoms with Crippen LogP contribution < -0.4 is 4.74 Å². The molecule has 1 heterocycles. The Bertz CT molecular complexity index is 711. The molecule has 1 N–H and O–H groups in total. The third kappa shape index (κ3) is 4.68. The molecule has 0 fully saturated rings. The summed E-state index contributed by atoms with van der Waals surface area (Å²) in [4.78, 5) is 13.9. The Kier molecular flexibility index (Phi) is 5.84. The minimum absolute atomic E-state index is 0.122. The van der Waals surface area contributed by atoms with Gasteiger partial charge >= 0.3 is 0 Å². The molecule has 3 rings (SSSR count). The Hall–Kier alpha value is -2.17. The van der Waals surface area contributed by atoms with Gasteiger partial charge in [-0.05, 0) is 41.8 Å². The van der Waals surface area contributed by atoms with Crippen LogP contribution in [0.5, 0.6) is 5.75 Å². The molecule has 0 unspecified atom stereocenters. The Morgan fingerprint density at radius 2 is 1.88 bits per heavy atom. The number of ether oxygens (including phenoxy) is 1. The fourth-order valence-corrected chi connectivity index (χ4v) is 3.19. The number of carbonyl (C=O) groups is 1. The lowest BCUT2D eigenvalue weighted by Gasteiger charge is -2.30. The van der Waals surface area contributed by atoms with Gasteiger partial charge in [0.05, 0.1) is 0 Å². The van der Waals surface area contributed by atoms with Crippen LogP contribution in [0, 0.1) is 0 Å². The molecule has 0 aliphatic carbocycles. The van der Waals surface area contributed by atoms with Gasteiger partial charge in [0.25, 0.3) is 0 Å². The molecule has 4 nitrogen and oxygen atoms in total. The Morgan fingerprint density at radius 3 is 2.60 bits per heavy atom. The molecule has 1 aliphatic rings. The molecule has 4 heteroatoms. The molecule has 0 spiro atoms. The number of carbonyl (C=O) groups excluding carboxylic acids is 1. The molecule has 0 amide bonds. The van der Waals surface area contributed by atoms with E-state index in [9.17, 15) is 9.90 Å². The second-order valence-corrected chi connectivity index (χ2v) is 6.52. The van der Waals surface area contributed by atoms with Crippen LogP contribution in [0.3, 0.4) is 0 Å². The molecule has 0 saturated heterocycles. The fraction of sp³-hybridized carbons (Fsp3) is 0.381. The lowest BCUT2D eigenvalue weighted by Crippen LogP contribution is -2.38. The van der Waals surface area contributed by atoms with Gasteiger partial charge in [0.15, 0.2) is 5.78 Å². The van der Waals surface area contributed by atoms with Gasteiger partial charge in [-0.15, -0.1) is 0 Å². The van der Waals surface area contributed by atoms with E-state index in [1.54, 1.807) is 24.3 Å². The summed E-state index contributed by atoms with van der Waals surface area (Å²) in [6.07, 6.45) is 0.983. The van der Waals surface area contributed by atoms with Gasteiger partial charge in [0, 0.05) is 31.6 Å². The first-order valence-corrected chi connectivity index (χ1v) is 8.89. The van der Waals surface area contributed by atoms with Crippen LogP contribution in [0.25, 0.3) is 0 Å². The van der Waals surface area contributed by atoms with Crippen LogP contribution in [0.15, 0.2) is 48.5 Å². The van der Waals surface area contributed by atoms with Gasteiger partial charge in [0.1, 0.15) is 18.5 Å². The third-order valence-corrected chi connectivity index (χ3v) is 4.62. The average Bonchev–Trinajstić information content (AvgIpc) is 2.66. The normalized spacial score (nSPS) is 15.4. The summed E-state index contributed by atoms with van der Waals surface area (Å²) < 4.78 is 5.66. The van der Waals surface area contributed by atoms with E-state index < -0.39 is 6.10 Å². The largest absolute Gasteiger partial charge is 0.491 e. The number of ketones is 1. The first-order chi connectivity index (χ1) is 12.2. The van der Waals surface area contributed by atoms with Crippen molar-refractivity contribution < 1.29 is 14.6 Å². The number of benzene rings is 2. The summed E-state index contributed by atoms with van der Waals surface area (Å²) in [5.41, 5.74) is 3.45. The first kappa shape index (κ1) is 17.6. The number of Topliss-reactive ketones (excluding diaryl/α,β-unsaturated/α-hetero) is 1. The van der Waals surface area contributed by atoms with Crippen molar-refractivity contribution in [1.82, 2.24) is 4.90 Å². The molecule has 2 aromatic rings. The standard InChI is InChI=1S/C21H25NO3/c1-2-21(24)17-7-9-20(10-8-17)25-15-19(23)14-22-12-11-16-5-3-4-6-18(16)13-22/h3-10,19,23H,2,11-15H2,1H3/t19-/m1/s1. The maximum Gasteiger partial charge on any atom is 0.162 e. The zero-order valence-electron chi connectivity index (χ0n) is 14.6. The second-order valence-electron chi connectivity index (χ2n) is 6.52. The molecular weight excluding hydrogens is 314 g/mol. The van der Waals surface area contributed by atoms with Gasteiger partial charge in [0.2, 0.25) is 0 Å². The second kappa shape index (κ2) is 8.28. The van der Waals surface area contributed by atoms with E-state index in [1.165, 1.54) is 11.1 Å². The molecule has 0 saturated carbocycles. The van der Waals surface area contributed by atoms with E-state index in [-0.39, 0.29) is 12.4 Å². The van der Waals surface area contributed by atoms with Crippen molar-refractivity contribution in [2.45, 2.75) is 32.4 Å². The number of nitrogens with zero attached hydrogens (tertiary/aromatic N) is 1. The third-order valence-electron chi connectivity index (χ3n) is 4.62. The minimum atomic E-state index is -0.540. The van der Waals surface area contributed by atoms with Gasteiger partial charge in [-0.25, -0.2) is 0 Å². The van der Waals surface area contributed by atoms with Crippen LogP contribution in [-0.4, -0.2) is 41.6 Å². The van der Waals surface area contributed by atoms with Crippen molar-refractivity contribution in [3.8, 4) is 5.75 Å². The maximum atomic E-state index is 11.6. The molecule has 25 heavy (non-hydrogen) atoms. The van der Waals surface area contributed by atoms with E-state index >= 15 is 0 Å². The van der Waals surface area contributed by atoms with E-state index in [4.69, 9.17) is 4.74 Å². The lowest BCUT2D eigenvalue weighted by molar-refractivity contribution is 0.0637. The number of aliphatic hydroxyl groups excluding tert-OH is 1. The van der Waals surface area contributed by atoms with Crippen LogP contribution in [0.2, 0.25) is 0 Å². The minimum Gasteiger partial charge on any atom is -0.491 e. The van der Waals surface area contributed by atoms with Crippen molar-refractivity contribution in [2.24, 2.45) is 0 Å². The summed E-state index contributed by atoms with van der Waals surface area (Å²) in [5.74, 6) is 0.799. The van der Waals surface area contributed by atoms with Gasteiger partial charge in [-0.2, -0.15) is 0 Å². The smallest absolute Gasteiger partial charge is 0.162 e. The first-order valence-electron chi connectivity index (χ1n) is 8.89. The Morgan fingerprint density at radius 1 is 1.16 bits per heavy atom. The van der Waals surface area contributed by atoms with Crippen LogP contribution in [0.4, 0.5) is 0 Å². The molecule has 0 bridgehead atoms. The van der Waals surface area contributed by atoms with Gasteiger partial charge < -0.3 is 9.84 Å². The van der Waals surface area contributed by atoms with E-state index in [2.05, 4.69) is 29.2 Å². The average molecular weight is 339 g/mol. The van der Waals surface area contributed by atoms with Crippen LogP contribution in [0.1, 0.15) is 34.8 Å². The zero-order valence-corrected chi connectivity index (χ0v) is 14.6. The van der Waals surface area contributed by atoms with Crippen molar-refractivity contribution in [3.63, 3.8) is 0 Å². The molecule has 1 atom stereocenters. The summed E-state index contributed by atoms with van der Waals surface area (Å²) in [6.45, 7) is 4.53. The molecular formula is C21H25NO3. The number of hydrogen-bond acceptors (Lipinski definition) is 4. The molecule has 132 valence electrons.